The number of halogens is 4. The second-order valence-electron chi connectivity index (χ2n) is 6.00. The third-order valence-corrected chi connectivity index (χ3v) is 4.08. The van der Waals surface area contributed by atoms with E-state index in [0.717, 1.165) is 11.6 Å². The maximum atomic E-state index is 13.6. The van der Waals surface area contributed by atoms with Crippen LogP contribution in [0.1, 0.15) is 21.5 Å². The van der Waals surface area contributed by atoms with E-state index in [1.54, 1.807) is 12.1 Å². The van der Waals surface area contributed by atoms with Crippen LogP contribution in [0.4, 0.5) is 23.4 Å². The van der Waals surface area contributed by atoms with Gasteiger partial charge in [0.25, 0.3) is 0 Å². The average Bonchev–Trinajstić information content (AvgIpc) is 2.66. The number of aromatic nitrogens is 1. The summed E-state index contributed by atoms with van der Waals surface area (Å²) in [6, 6.07) is 11.9. The number of primary amides is 1. The molecule has 2 aromatic carbocycles. The summed E-state index contributed by atoms with van der Waals surface area (Å²) < 4.78 is 53.7. The number of amides is 1. The van der Waals surface area contributed by atoms with Crippen molar-refractivity contribution in [1.82, 2.24) is 4.98 Å². The monoisotopic (exact) mass is 389 g/mol. The zero-order valence-corrected chi connectivity index (χ0v) is 14.4. The Balaban J connectivity index is 2.00. The van der Waals surface area contributed by atoms with Crippen LogP contribution in [0.25, 0.3) is 11.1 Å². The first-order valence-electron chi connectivity index (χ1n) is 8.20. The number of hydrogen-bond acceptors (Lipinski definition) is 3. The van der Waals surface area contributed by atoms with Crippen LogP contribution in [0, 0.1) is 5.82 Å². The molecule has 3 N–H and O–H groups in total. The molecule has 0 bridgehead atoms. The number of anilines is 1. The number of nitrogens with zero attached hydrogens (tertiary/aromatic N) is 1. The second kappa shape index (κ2) is 7.67. The van der Waals surface area contributed by atoms with Gasteiger partial charge in [-0.15, -0.1) is 0 Å². The third kappa shape index (κ3) is 4.28. The van der Waals surface area contributed by atoms with Crippen molar-refractivity contribution < 1.29 is 22.4 Å². The van der Waals surface area contributed by atoms with E-state index >= 15 is 0 Å². The first-order chi connectivity index (χ1) is 13.3. The Hall–Kier alpha value is -3.42. The summed E-state index contributed by atoms with van der Waals surface area (Å²) in [6.45, 7) is 0.241. The Morgan fingerprint density at radius 3 is 2.39 bits per heavy atom. The van der Waals surface area contributed by atoms with E-state index in [4.69, 9.17) is 5.73 Å². The summed E-state index contributed by atoms with van der Waals surface area (Å²) in [5, 5.41) is 2.97. The van der Waals surface area contributed by atoms with Gasteiger partial charge in [-0.05, 0) is 47.5 Å². The minimum Gasteiger partial charge on any atom is -0.366 e. The molecular weight excluding hydrogens is 374 g/mol. The summed E-state index contributed by atoms with van der Waals surface area (Å²) in [7, 11) is 0. The topological polar surface area (TPSA) is 68.0 Å². The molecule has 1 amide bonds. The van der Waals surface area contributed by atoms with Crippen molar-refractivity contribution in [3.05, 3.63) is 83.3 Å². The van der Waals surface area contributed by atoms with Gasteiger partial charge in [-0.2, -0.15) is 13.2 Å². The normalized spacial score (nSPS) is 11.3. The molecular formula is C20H15F4N3O. The molecule has 0 atom stereocenters. The molecule has 0 fully saturated rings. The Labute approximate surface area is 158 Å². The highest BCUT2D eigenvalue weighted by Gasteiger charge is 2.35. The maximum Gasteiger partial charge on any atom is 0.417 e. The lowest BCUT2D eigenvalue weighted by atomic mass is 9.97. The number of hydrogen-bond donors (Lipinski definition) is 2. The highest BCUT2D eigenvalue weighted by Crippen LogP contribution is 2.39. The lowest BCUT2D eigenvalue weighted by Crippen LogP contribution is -2.15. The molecule has 0 aliphatic carbocycles. The van der Waals surface area contributed by atoms with Gasteiger partial charge in [0.1, 0.15) is 11.6 Å². The fourth-order valence-corrected chi connectivity index (χ4v) is 2.72. The predicted octanol–water partition coefficient (Wildman–Crippen LogP) is 4.62. The van der Waals surface area contributed by atoms with Crippen molar-refractivity contribution >= 4 is 11.7 Å². The molecule has 0 saturated carbocycles. The molecule has 8 heteroatoms. The average molecular weight is 389 g/mol. The molecule has 144 valence electrons. The number of alkyl halides is 3. The van der Waals surface area contributed by atoms with E-state index in [9.17, 15) is 22.4 Å². The Kier molecular flexibility index (Phi) is 5.30. The van der Waals surface area contributed by atoms with Crippen LogP contribution in [-0.4, -0.2) is 10.9 Å². The quantitative estimate of drug-likeness (QED) is 0.626. The summed E-state index contributed by atoms with van der Waals surface area (Å²) in [6.07, 6.45) is -3.24. The van der Waals surface area contributed by atoms with E-state index < -0.39 is 17.6 Å². The number of nitrogens with two attached hydrogens (primary N) is 1. The van der Waals surface area contributed by atoms with Crippen LogP contribution in [0.5, 0.6) is 0 Å². The number of benzene rings is 2. The highest BCUT2D eigenvalue weighted by atomic mass is 19.4. The molecule has 28 heavy (non-hydrogen) atoms. The van der Waals surface area contributed by atoms with Gasteiger partial charge < -0.3 is 11.1 Å². The minimum atomic E-state index is -4.69. The summed E-state index contributed by atoms with van der Waals surface area (Å²) in [5.74, 6) is -1.10. The van der Waals surface area contributed by atoms with Crippen LogP contribution in [0.3, 0.4) is 0 Å². The molecule has 0 aliphatic rings. The fourth-order valence-electron chi connectivity index (χ4n) is 2.72. The molecule has 0 aliphatic heterocycles. The Morgan fingerprint density at radius 1 is 1.04 bits per heavy atom. The van der Waals surface area contributed by atoms with Crippen LogP contribution >= 0.6 is 0 Å². The van der Waals surface area contributed by atoms with E-state index in [2.05, 4.69) is 10.3 Å². The Bertz CT molecular complexity index is 1000. The summed E-state index contributed by atoms with van der Waals surface area (Å²) in [5.41, 5.74) is 4.71. The highest BCUT2D eigenvalue weighted by molar-refractivity contribution is 5.94. The lowest BCUT2D eigenvalue weighted by Gasteiger charge is -2.17. The predicted molar refractivity (Wildman–Crippen MR) is 96.9 cm³/mol. The summed E-state index contributed by atoms with van der Waals surface area (Å²) >= 11 is 0. The third-order valence-electron chi connectivity index (χ3n) is 4.08. The van der Waals surface area contributed by atoms with Gasteiger partial charge in [0.05, 0.1) is 5.56 Å². The van der Waals surface area contributed by atoms with Crippen LogP contribution in [-0.2, 0) is 12.7 Å². The molecule has 0 saturated heterocycles. The van der Waals surface area contributed by atoms with E-state index in [1.165, 1.54) is 42.6 Å². The maximum absolute atomic E-state index is 13.6. The van der Waals surface area contributed by atoms with Gasteiger partial charge in [0.2, 0.25) is 5.91 Å². The van der Waals surface area contributed by atoms with E-state index in [0.29, 0.717) is 0 Å². The van der Waals surface area contributed by atoms with Crippen molar-refractivity contribution in [1.29, 1.82) is 0 Å². The van der Waals surface area contributed by atoms with Crippen molar-refractivity contribution in [2.45, 2.75) is 12.7 Å². The zero-order chi connectivity index (χ0) is 20.3. The molecule has 4 nitrogen and oxygen atoms in total. The first-order valence-corrected chi connectivity index (χ1v) is 8.20. The van der Waals surface area contributed by atoms with Gasteiger partial charge in [-0.1, -0.05) is 18.2 Å². The molecule has 0 radical (unpaired) electrons. The standard InChI is InChI=1S/C20H15F4N3O/c21-14-6-3-12(4-7-14)11-27-19-16(2-1-9-26-19)15-8-5-13(18(25)28)10-17(15)20(22,23)24/h1-10H,11H2,(H2,25,28)(H,26,27). The molecule has 0 spiro atoms. The van der Waals surface area contributed by atoms with Gasteiger partial charge in [-0.25, -0.2) is 9.37 Å². The SMILES string of the molecule is NC(=O)c1ccc(-c2cccnc2NCc2ccc(F)cc2)c(C(F)(F)F)c1. The van der Waals surface area contributed by atoms with Crippen molar-refractivity contribution in [3.63, 3.8) is 0 Å². The molecule has 3 aromatic rings. The van der Waals surface area contributed by atoms with Gasteiger partial charge in [0.15, 0.2) is 0 Å². The molecule has 1 aromatic heterocycles. The van der Waals surface area contributed by atoms with E-state index in [1.807, 2.05) is 0 Å². The van der Waals surface area contributed by atoms with Gasteiger partial charge >= 0.3 is 6.18 Å². The lowest BCUT2D eigenvalue weighted by molar-refractivity contribution is -0.137. The number of nitrogens with one attached hydrogen (secondary N) is 1. The Morgan fingerprint density at radius 2 is 1.75 bits per heavy atom. The van der Waals surface area contributed by atoms with Gasteiger partial charge in [-0.3, -0.25) is 4.79 Å². The summed E-state index contributed by atoms with van der Waals surface area (Å²) in [4.78, 5) is 15.4. The van der Waals surface area contributed by atoms with Crippen molar-refractivity contribution in [3.8, 4) is 11.1 Å². The minimum absolute atomic E-state index is 0.132. The molecule has 3 rings (SSSR count). The van der Waals surface area contributed by atoms with E-state index in [-0.39, 0.29) is 34.9 Å². The van der Waals surface area contributed by atoms with Crippen molar-refractivity contribution in [2.75, 3.05) is 5.32 Å². The fraction of sp³-hybridized carbons (Fsp3) is 0.100. The zero-order valence-electron chi connectivity index (χ0n) is 14.4. The number of carbonyl (C=O) groups excluding carboxylic acids is 1. The van der Waals surface area contributed by atoms with Crippen LogP contribution in [0.15, 0.2) is 60.8 Å². The number of pyridine rings is 1. The van der Waals surface area contributed by atoms with Gasteiger partial charge in [0, 0.05) is 23.9 Å². The smallest absolute Gasteiger partial charge is 0.366 e. The molecule has 1 heterocycles. The molecule has 0 unspecified atom stereocenters. The largest absolute Gasteiger partial charge is 0.417 e. The van der Waals surface area contributed by atoms with Crippen LogP contribution < -0.4 is 11.1 Å². The first kappa shape index (κ1) is 19.3. The number of rotatable bonds is 5. The van der Waals surface area contributed by atoms with Crippen LogP contribution in [0.2, 0.25) is 0 Å². The second-order valence-corrected chi connectivity index (χ2v) is 6.00. The number of carbonyl (C=O) groups is 1. The van der Waals surface area contributed by atoms with Crippen molar-refractivity contribution in [2.24, 2.45) is 5.73 Å².